The van der Waals surface area contributed by atoms with Crippen LogP contribution in [0.2, 0.25) is 0 Å². The fourth-order valence-corrected chi connectivity index (χ4v) is 3.67. The predicted octanol–water partition coefficient (Wildman–Crippen LogP) is 2.34. The second-order valence-corrected chi connectivity index (χ2v) is 7.81. The van der Waals surface area contributed by atoms with Gasteiger partial charge < -0.3 is 20.7 Å². The molecule has 0 spiro atoms. The lowest BCUT2D eigenvalue weighted by atomic mass is 9.93. The minimum atomic E-state index is -4.12. The van der Waals surface area contributed by atoms with E-state index in [4.69, 9.17) is 4.74 Å². The Balaban J connectivity index is 1.63. The number of halogens is 3. The molecule has 1 atom stereocenters. The number of likely N-dealkylation sites (tertiary alicyclic amines) is 1. The second kappa shape index (κ2) is 11.5. The maximum absolute atomic E-state index is 12.5. The van der Waals surface area contributed by atoms with E-state index in [1.807, 2.05) is 0 Å². The summed E-state index contributed by atoms with van der Waals surface area (Å²) in [5.41, 5.74) is 0. The Labute approximate surface area is 170 Å². The van der Waals surface area contributed by atoms with Crippen molar-refractivity contribution in [2.45, 2.75) is 51.2 Å². The predicted molar refractivity (Wildman–Crippen MR) is 106 cm³/mol. The third-order valence-electron chi connectivity index (χ3n) is 5.44. The van der Waals surface area contributed by atoms with Gasteiger partial charge in [0.25, 0.3) is 0 Å². The number of nitrogens with one attached hydrogen (secondary N) is 3. The number of amides is 1. The third kappa shape index (κ3) is 9.56. The van der Waals surface area contributed by atoms with Crippen LogP contribution < -0.4 is 16.0 Å². The van der Waals surface area contributed by atoms with Crippen LogP contribution in [0.4, 0.5) is 18.0 Å². The molecule has 1 aliphatic heterocycles. The molecule has 168 valence electrons. The largest absolute Gasteiger partial charge is 0.450 e. The molecule has 1 unspecified atom stereocenters. The Hall–Kier alpha value is -1.71. The summed E-state index contributed by atoms with van der Waals surface area (Å²) in [6.45, 7) is 3.59. The zero-order chi connectivity index (χ0) is 21.3. The van der Waals surface area contributed by atoms with E-state index in [1.54, 1.807) is 14.0 Å². The van der Waals surface area contributed by atoms with Crippen molar-refractivity contribution in [3.8, 4) is 0 Å². The molecule has 0 aromatic rings. The molecule has 1 saturated carbocycles. The summed E-state index contributed by atoms with van der Waals surface area (Å²) in [4.78, 5) is 17.4. The van der Waals surface area contributed by atoms with Crippen LogP contribution in [0.1, 0.15) is 39.0 Å². The van der Waals surface area contributed by atoms with E-state index in [0.717, 1.165) is 32.1 Å². The van der Waals surface area contributed by atoms with Gasteiger partial charge in [-0.3, -0.25) is 9.89 Å². The van der Waals surface area contributed by atoms with Crippen LogP contribution in [-0.4, -0.2) is 75.5 Å². The molecule has 1 heterocycles. The number of hydrogen-bond donors (Lipinski definition) is 3. The fraction of sp³-hybridized carbons (Fsp3) is 0.895. The molecule has 1 aliphatic carbocycles. The van der Waals surface area contributed by atoms with Crippen LogP contribution in [0.25, 0.3) is 0 Å². The number of hydrogen-bond acceptors (Lipinski definition) is 4. The van der Waals surface area contributed by atoms with Crippen LogP contribution in [0.3, 0.4) is 0 Å². The SMILES string of the molecule is CCOC(=O)NC(CNC(=NC)NCCC1CCN(CC(F)(F)F)CC1)C1CC1. The van der Waals surface area contributed by atoms with E-state index in [1.165, 1.54) is 4.90 Å². The molecular formula is C19H34F3N5O2. The minimum absolute atomic E-state index is 0.00515. The first-order chi connectivity index (χ1) is 13.8. The number of aliphatic imine (C=N–C) groups is 1. The van der Waals surface area contributed by atoms with Crippen molar-refractivity contribution in [2.75, 3.05) is 46.4 Å². The Morgan fingerprint density at radius 3 is 2.45 bits per heavy atom. The highest BCUT2D eigenvalue weighted by atomic mass is 19.4. The average Bonchev–Trinajstić information content (AvgIpc) is 3.49. The van der Waals surface area contributed by atoms with Gasteiger partial charge in [0, 0.05) is 20.1 Å². The molecule has 0 aromatic carbocycles. The van der Waals surface area contributed by atoms with Crippen molar-refractivity contribution >= 4 is 12.1 Å². The molecule has 3 N–H and O–H groups in total. The average molecular weight is 422 g/mol. The van der Waals surface area contributed by atoms with E-state index in [0.29, 0.717) is 50.6 Å². The summed E-state index contributed by atoms with van der Waals surface area (Å²) in [7, 11) is 1.69. The summed E-state index contributed by atoms with van der Waals surface area (Å²) >= 11 is 0. The number of carbonyl (C=O) groups is 1. The highest BCUT2D eigenvalue weighted by Crippen LogP contribution is 2.32. The number of ether oxygens (including phenoxy) is 1. The quantitative estimate of drug-likeness (QED) is 0.394. The first kappa shape index (κ1) is 23.6. The number of nitrogens with zero attached hydrogens (tertiary/aromatic N) is 2. The van der Waals surface area contributed by atoms with Crippen LogP contribution in [-0.2, 0) is 4.74 Å². The number of alkyl carbamates (subject to hydrolysis) is 1. The maximum Gasteiger partial charge on any atom is 0.407 e. The zero-order valence-corrected chi connectivity index (χ0v) is 17.4. The number of rotatable bonds is 9. The normalized spacial score (nSPS) is 20.2. The highest BCUT2D eigenvalue weighted by molar-refractivity contribution is 5.79. The molecule has 7 nitrogen and oxygen atoms in total. The standard InChI is InChI=1S/C19H34F3N5O2/c1-3-29-18(28)26-16(15-4-5-15)12-25-17(23-2)24-9-6-14-7-10-27(11-8-14)13-19(20,21)22/h14-16H,3-13H2,1-2H3,(H,26,28)(H2,23,24,25). The van der Waals surface area contributed by atoms with E-state index >= 15 is 0 Å². The Morgan fingerprint density at radius 2 is 1.90 bits per heavy atom. The van der Waals surface area contributed by atoms with Crippen molar-refractivity contribution in [3.63, 3.8) is 0 Å². The van der Waals surface area contributed by atoms with Crippen molar-refractivity contribution < 1.29 is 22.7 Å². The summed E-state index contributed by atoms with van der Waals surface area (Å²) < 4.78 is 42.3. The van der Waals surface area contributed by atoms with Crippen LogP contribution in [0, 0.1) is 11.8 Å². The van der Waals surface area contributed by atoms with E-state index in [2.05, 4.69) is 20.9 Å². The molecule has 2 rings (SSSR count). The van der Waals surface area contributed by atoms with Crippen molar-refractivity contribution in [2.24, 2.45) is 16.8 Å². The molecule has 1 amide bonds. The number of alkyl halides is 3. The van der Waals surface area contributed by atoms with Gasteiger partial charge in [-0.2, -0.15) is 13.2 Å². The minimum Gasteiger partial charge on any atom is -0.450 e. The Bertz CT molecular complexity index is 532. The molecule has 2 aliphatic rings. The molecule has 0 radical (unpaired) electrons. The second-order valence-electron chi connectivity index (χ2n) is 7.81. The first-order valence-electron chi connectivity index (χ1n) is 10.5. The van der Waals surface area contributed by atoms with Gasteiger partial charge in [-0.25, -0.2) is 4.79 Å². The third-order valence-corrected chi connectivity index (χ3v) is 5.44. The van der Waals surface area contributed by atoms with Gasteiger partial charge in [0.15, 0.2) is 5.96 Å². The van der Waals surface area contributed by atoms with Crippen molar-refractivity contribution in [1.82, 2.24) is 20.9 Å². The van der Waals surface area contributed by atoms with Gasteiger partial charge in [-0.15, -0.1) is 0 Å². The van der Waals surface area contributed by atoms with E-state index in [-0.39, 0.29) is 6.04 Å². The summed E-state index contributed by atoms with van der Waals surface area (Å²) in [5, 5.41) is 9.40. The Kier molecular flexibility index (Phi) is 9.32. The van der Waals surface area contributed by atoms with Gasteiger partial charge in [0.1, 0.15) is 0 Å². The van der Waals surface area contributed by atoms with E-state index < -0.39 is 18.8 Å². The van der Waals surface area contributed by atoms with Crippen LogP contribution >= 0.6 is 0 Å². The lowest BCUT2D eigenvalue weighted by Gasteiger charge is -2.32. The van der Waals surface area contributed by atoms with Gasteiger partial charge in [-0.1, -0.05) is 0 Å². The molecule has 10 heteroatoms. The fourth-order valence-electron chi connectivity index (χ4n) is 3.67. The van der Waals surface area contributed by atoms with Crippen LogP contribution in [0.15, 0.2) is 4.99 Å². The van der Waals surface area contributed by atoms with Gasteiger partial charge in [-0.05, 0) is 64.0 Å². The number of guanidine groups is 1. The lowest BCUT2D eigenvalue weighted by Crippen LogP contribution is -2.48. The lowest BCUT2D eigenvalue weighted by molar-refractivity contribution is -0.148. The van der Waals surface area contributed by atoms with Crippen molar-refractivity contribution in [1.29, 1.82) is 0 Å². The van der Waals surface area contributed by atoms with Crippen molar-refractivity contribution in [3.05, 3.63) is 0 Å². The summed E-state index contributed by atoms with van der Waals surface area (Å²) in [6.07, 6.45) is 0.149. The van der Waals surface area contributed by atoms with Crippen LogP contribution in [0.5, 0.6) is 0 Å². The molecule has 0 bridgehead atoms. The smallest absolute Gasteiger partial charge is 0.407 e. The zero-order valence-electron chi connectivity index (χ0n) is 17.4. The van der Waals surface area contributed by atoms with E-state index in [9.17, 15) is 18.0 Å². The first-order valence-corrected chi connectivity index (χ1v) is 10.5. The monoisotopic (exact) mass is 421 g/mol. The molecule has 29 heavy (non-hydrogen) atoms. The molecule has 0 aromatic heterocycles. The summed E-state index contributed by atoms with van der Waals surface area (Å²) in [6, 6.07) is 0.00515. The molecule has 2 fully saturated rings. The van der Waals surface area contributed by atoms with Gasteiger partial charge >= 0.3 is 12.3 Å². The maximum atomic E-state index is 12.5. The highest BCUT2D eigenvalue weighted by Gasteiger charge is 2.33. The number of piperidine rings is 1. The topological polar surface area (TPSA) is 78.0 Å². The molecular weight excluding hydrogens is 387 g/mol. The number of carbonyl (C=O) groups excluding carboxylic acids is 1. The summed E-state index contributed by atoms with van der Waals surface area (Å²) in [5.74, 6) is 1.55. The molecule has 1 saturated heterocycles. The van der Waals surface area contributed by atoms with Gasteiger partial charge in [0.2, 0.25) is 0 Å². The van der Waals surface area contributed by atoms with Gasteiger partial charge in [0.05, 0.1) is 19.2 Å². The Morgan fingerprint density at radius 1 is 1.21 bits per heavy atom.